The van der Waals surface area contributed by atoms with E-state index in [2.05, 4.69) is 0 Å². The van der Waals surface area contributed by atoms with Gasteiger partial charge in [-0.05, 0) is 57.8 Å². The molecule has 0 amide bonds. The Balaban J connectivity index is 4.01. The number of hydrogen-bond acceptors (Lipinski definition) is 9. The lowest BCUT2D eigenvalue weighted by atomic mass is 10.2. The molecule has 1 heterocycles. The Hall–Kier alpha value is -1.18. The number of nitrogens with zero attached hydrogens (tertiary/aromatic N) is 3. The molecule has 0 aromatic carbocycles. The van der Waals surface area contributed by atoms with Crippen molar-refractivity contribution >= 4 is 27.9 Å². The van der Waals surface area contributed by atoms with Gasteiger partial charge < -0.3 is 26.6 Å². The van der Waals surface area contributed by atoms with Crippen LogP contribution in [0.1, 0.15) is 119 Å². The van der Waals surface area contributed by atoms with Crippen molar-refractivity contribution in [3.8, 4) is 0 Å². The highest BCUT2D eigenvalue weighted by Gasteiger charge is 2.38. The fourth-order valence-corrected chi connectivity index (χ4v) is 9.81. The number of aromatic nitrogens is 3. The maximum atomic E-state index is 14.3. The Morgan fingerprint density at radius 2 is 0.667 bits per heavy atom. The molecule has 12 nitrogen and oxygen atoms in total. The minimum atomic E-state index is -2.16. The summed E-state index contributed by atoms with van der Waals surface area (Å²) in [7, 11) is -6.47. The smallest absolute Gasteiger partial charge is 0.392 e. The van der Waals surface area contributed by atoms with Gasteiger partial charge >= 0.3 is 44.9 Å². The van der Waals surface area contributed by atoms with E-state index in [1.54, 1.807) is 20.8 Å². The summed E-state index contributed by atoms with van der Waals surface area (Å²) in [6.45, 7) is 25.9. The van der Waals surface area contributed by atoms with Crippen LogP contribution in [0.2, 0.25) is 0 Å². The zero-order chi connectivity index (χ0) is 34.3. The molecule has 0 fully saturated rings. The van der Waals surface area contributed by atoms with Crippen molar-refractivity contribution in [3.63, 3.8) is 0 Å². The van der Waals surface area contributed by atoms with Gasteiger partial charge in [0.1, 0.15) is 0 Å². The molecule has 0 aliphatic carbocycles. The van der Waals surface area contributed by atoms with Crippen LogP contribution in [0.5, 0.6) is 0 Å². The van der Waals surface area contributed by atoms with Crippen LogP contribution in [0.25, 0.3) is 0 Å². The maximum Gasteiger partial charge on any atom is 0.410 e. The molecule has 1 aromatic rings. The minimum Gasteiger partial charge on any atom is -0.392 e. The first-order chi connectivity index (χ1) is 21.2. The predicted octanol–water partition coefficient (Wildman–Crippen LogP) is 4.23. The summed E-state index contributed by atoms with van der Waals surface area (Å²) in [5.41, 5.74) is -4.43. The van der Waals surface area contributed by atoms with Gasteiger partial charge in [0.25, 0.3) is 0 Å². The van der Waals surface area contributed by atoms with Crippen LogP contribution in [0.3, 0.4) is 0 Å². The van der Waals surface area contributed by atoms with Gasteiger partial charge in [-0.3, -0.25) is 0 Å². The second-order valence-corrected chi connectivity index (χ2v) is 18.8. The summed E-state index contributed by atoms with van der Waals surface area (Å²) >= 11 is 0. The number of hydrogen-bond donors (Lipinski definition) is 0. The molecular formula is C30H60N3O9Si3. The summed E-state index contributed by atoms with van der Waals surface area (Å²) in [5, 5.41) is 0. The summed E-state index contributed by atoms with van der Waals surface area (Å²) in [6.07, 6.45) is 2.25. The van der Waals surface area contributed by atoms with Crippen LogP contribution < -0.4 is 17.1 Å². The first-order valence-electron chi connectivity index (χ1n) is 16.6. The van der Waals surface area contributed by atoms with Crippen molar-refractivity contribution in [2.45, 2.75) is 119 Å². The highest BCUT2D eigenvalue weighted by molar-refractivity contribution is 6.46. The molecule has 3 unspecified atom stereocenters. The van der Waals surface area contributed by atoms with E-state index in [1.165, 1.54) is 0 Å². The Kier molecular flexibility index (Phi) is 20.1. The Morgan fingerprint density at radius 3 is 0.844 bits per heavy atom. The molecule has 45 heavy (non-hydrogen) atoms. The van der Waals surface area contributed by atoms with Gasteiger partial charge in [-0.1, -0.05) is 62.3 Å². The molecule has 0 bridgehead atoms. The van der Waals surface area contributed by atoms with Gasteiger partial charge in [-0.15, -0.1) is 0 Å². The van der Waals surface area contributed by atoms with Gasteiger partial charge in [0, 0.05) is 39.6 Å². The third-order valence-corrected chi connectivity index (χ3v) is 12.1. The third-order valence-electron chi connectivity index (χ3n) is 6.44. The van der Waals surface area contributed by atoms with Crippen molar-refractivity contribution in [1.82, 2.24) is 13.7 Å². The topological polar surface area (TPSA) is 121 Å². The molecule has 0 saturated heterocycles. The Labute approximate surface area is 275 Å². The Bertz CT molecular complexity index is 974. The van der Waals surface area contributed by atoms with Gasteiger partial charge in [0.05, 0.1) is 17.0 Å². The quantitative estimate of drug-likeness (QED) is 0.147. The summed E-state index contributed by atoms with van der Waals surface area (Å²) < 4.78 is 40.3. The average molecular weight is 691 g/mol. The molecule has 261 valence electrons. The van der Waals surface area contributed by atoms with Crippen molar-refractivity contribution in [3.05, 3.63) is 31.5 Å². The van der Waals surface area contributed by atoms with Crippen LogP contribution in [-0.4, -0.2) is 81.2 Å². The van der Waals surface area contributed by atoms with Gasteiger partial charge in [-0.25, -0.2) is 28.1 Å². The maximum absolute atomic E-state index is 14.3. The molecule has 0 N–H and O–H groups in total. The van der Waals surface area contributed by atoms with Gasteiger partial charge in [0.15, 0.2) is 0 Å². The standard InChI is InChI=1S/C30H60N3O9Si3/c1-13-16-37-43(40-19-22(4)5)25(10)31-28(34)32(26(11)44(38-17-14-2)41-20-23(6)7)30(36)33(29(31)35)27(12)45(39-18-15-3)42-21-24(8)9/h22-27H,13-21H2,1-12H3. The van der Waals surface area contributed by atoms with E-state index in [-0.39, 0.29) is 17.8 Å². The summed E-state index contributed by atoms with van der Waals surface area (Å²) in [5.74, 6) is 0.674. The molecule has 0 saturated carbocycles. The van der Waals surface area contributed by atoms with E-state index < -0.39 is 61.9 Å². The number of rotatable bonds is 24. The Morgan fingerprint density at radius 1 is 0.444 bits per heavy atom. The van der Waals surface area contributed by atoms with Crippen LogP contribution in [-0.2, 0) is 26.6 Å². The molecule has 3 atom stereocenters. The van der Waals surface area contributed by atoms with Crippen LogP contribution in [0.15, 0.2) is 14.4 Å². The molecule has 0 aliphatic heterocycles. The molecule has 0 aliphatic rings. The lowest BCUT2D eigenvalue weighted by molar-refractivity contribution is 0.155. The van der Waals surface area contributed by atoms with Crippen LogP contribution in [0, 0.1) is 17.8 Å². The minimum absolute atomic E-state index is 0.225. The molecule has 3 radical (unpaired) electrons. The lowest BCUT2D eigenvalue weighted by Crippen LogP contribution is -2.61. The molecule has 15 heteroatoms. The summed E-state index contributed by atoms with van der Waals surface area (Å²) in [6, 6.07) is 0. The van der Waals surface area contributed by atoms with Crippen molar-refractivity contribution in [2.24, 2.45) is 17.8 Å². The average Bonchev–Trinajstić information content (AvgIpc) is 2.96. The lowest BCUT2D eigenvalue weighted by Gasteiger charge is -2.29. The van der Waals surface area contributed by atoms with E-state index in [4.69, 9.17) is 26.6 Å². The zero-order valence-electron chi connectivity index (χ0n) is 29.8. The monoisotopic (exact) mass is 690 g/mol. The predicted molar refractivity (Wildman–Crippen MR) is 182 cm³/mol. The first kappa shape index (κ1) is 41.8. The van der Waals surface area contributed by atoms with Crippen LogP contribution in [0.4, 0.5) is 0 Å². The second-order valence-electron chi connectivity index (χ2n) is 12.6. The summed E-state index contributed by atoms with van der Waals surface area (Å²) in [4.78, 5) is 43.0. The molecule has 1 aromatic heterocycles. The van der Waals surface area contributed by atoms with E-state index in [0.717, 1.165) is 33.0 Å². The highest BCUT2D eigenvalue weighted by atomic mass is 28.3. The largest absolute Gasteiger partial charge is 0.410 e. The van der Waals surface area contributed by atoms with Crippen molar-refractivity contribution < 1.29 is 26.6 Å². The third kappa shape index (κ3) is 13.1. The zero-order valence-corrected chi connectivity index (χ0v) is 32.8. The highest BCUT2D eigenvalue weighted by Crippen LogP contribution is 2.16. The normalized spacial score (nSPS) is 14.5. The fraction of sp³-hybridized carbons (Fsp3) is 0.900. The van der Waals surface area contributed by atoms with E-state index in [0.29, 0.717) is 39.6 Å². The second kappa shape index (κ2) is 21.6. The SMILES string of the molecule is CCCO[Si](OCC(C)C)C(C)n1c(=O)n(C(C)[Si](OCCC)OCC(C)C)c(=O)n(C(C)[Si](OCCC)OCC(C)C)c1=O. The first-order valence-corrected chi connectivity index (χ1v) is 20.8. The van der Waals surface area contributed by atoms with E-state index in [9.17, 15) is 14.4 Å². The van der Waals surface area contributed by atoms with Crippen molar-refractivity contribution in [2.75, 3.05) is 39.6 Å². The fourth-order valence-electron chi connectivity index (χ4n) is 4.11. The van der Waals surface area contributed by atoms with Crippen LogP contribution >= 0.6 is 0 Å². The molecule has 1 rings (SSSR count). The van der Waals surface area contributed by atoms with Gasteiger partial charge in [-0.2, -0.15) is 0 Å². The molecule has 0 spiro atoms. The van der Waals surface area contributed by atoms with Gasteiger partial charge in [0.2, 0.25) is 0 Å². The molecular weight excluding hydrogens is 631 g/mol. The van der Waals surface area contributed by atoms with E-state index >= 15 is 0 Å². The van der Waals surface area contributed by atoms with Crippen molar-refractivity contribution in [1.29, 1.82) is 0 Å². The van der Waals surface area contributed by atoms with E-state index in [1.807, 2.05) is 62.3 Å².